The molecule has 3 rings (SSSR count). The molecular weight excluding hydrogens is 295 g/mol. The van der Waals surface area contributed by atoms with E-state index in [4.69, 9.17) is 4.74 Å². The molecule has 0 saturated carbocycles. The van der Waals surface area contributed by atoms with Gasteiger partial charge < -0.3 is 9.72 Å². The van der Waals surface area contributed by atoms with Gasteiger partial charge in [-0.15, -0.1) is 0 Å². The van der Waals surface area contributed by atoms with Crippen LogP contribution in [0.15, 0.2) is 40.5 Å². The summed E-state index contributed by atoms with van der Waals surface area (Å²) >= 11 is 1.36. The summed E-state index contributed by atoms with van der Waals surface area (Å²) in [7, 11) is 0. The smallest absolute Gasteiger partial charge is 0.277 e. The molecule has 1 aromatic carbocycles. The minimum Gasteiger partial charge on any atom is -0.493 e. The van der Waals surface area contributed by atoms with Crippen LogP contribution in [0.2, 0.25) is 0 Å². The molecule has 0 unspecified atom stereocenters. The van der Waals surface area contributed by atoms with E-state index >= 15 is 0 Å². The van der Waals surface area contributed by atoms with Crippen molar-refractivity contribution in [1.82, 2.24) is 19.9 Å². The molecule has 0 aliphatic rings. The second-order valence-corrected chi connectivity index (χ2v) is 5.21. The molecule has 0 aliphatic carbocycles. The number of nitrogens with one attached hydrogen (secondary N) is 2. The SMILES string of the molecule is O=c1[nH]c(SCCOc2ccc(F)cc2)nc2nc[nH]c12. The Morgan fingerprint density at radius 2 is 2.10 bits per heavy atom. The van der Waals surface area contributed by atoms with Gasteiger partial charge in [0.15, 0.2) is 16.3 Å². The number of aromatic amines is 2. The zero-order valence-electron chi connectivity index (χ0n) is 10.8. The van der Waals surface area contributed by atoms with E-state index in [1.54, 1.807) is 12.1 Å². The zero-order valence-corrected chi connectivity index (χ0v) is 11.6. The molecule has 0 amide bonds. The van der Waals surface area contributed by atoms with Gasteiger partial charge in [-0.1, -0.05) is 11.8 Å². The first-order valence-electron chi connectivity index (χ1n) is 6.17. The summed E-state index contributed by atoms with van der Waals surface area (Å²) in [5, 5.41) is 0.488. The molecular formula is C13H11FN4O2S. The van der Waals surface area contributed by atoms with Gasteiger partial charge in [-0.2, -0.15) is 0 Å². The maximum Gasteiger partial charge on any atom is 0.277 e. The number of nitrogens with zero attached hydrogens (tertiary/aromatic N) is 2. The van der Waals surface area contributed by atoms with E-state index in [0.29, 0.717) is 34.4 Å². The first-order valence-corrected chi connectivity index (χ1v) is 7.15. The van der Waals surface area contributed by atoms with Crippen molar-refractivity contribution in [2.75, 3.05) is 12.4 Å². The summed E-state index contributed by atoms with van der Waals surface area (Å²) in [5.41, 5.74) is 0.502. The van der Waals surface area contributed by atoms with Crippen LogP contribution in [0.1, 0.15) is 0 Å². The molecule has 0 spiro atoms. The molecule has 0 bridgehead atoms. The summed E-state index contributed by atoms with van der Waals surface area (Å²) in [6.45, 7) is 0.415. The number of fused-ring (bicyclic) bond motifs is 1. The van der Waals surface area contributed by atoms with Crippen molar-refractivity contribution in [3.8, 4) is 5.75 Å². The first-order chi connectivity index (χ1) is 10.2. The maximum atomic E-state index is 12.7. The Labute approximate surface area is 122 Å². The third-order valence-electron chi connectivity index (χ3n) is 2.68. The first kappa shape index (κ1) is 13.6. The van der Waals surface area contributed by atoms with Crippen molar-refractivity contribution in [2.24, 2.45) is 0 Å². The number of hydrogen-bond acceptors (Lipinski definition) is 5. The van der Waals surface area contributed by atoms with E-state index in [2.05, 4.69) is 19.9 Å². The Balaban J connectivity index is 1.57. The number of H-pyrrole nitrogens is 2. The molecule has 2 aromatic heterocycles. The number of thioether (sulfide) groups is 1. The molecule has 0 aliphatic heterocycles. The third-order valence-corrected chi connectivity index (χ3v) is 3.52. The van der Waals surface area contributed by atoms with E-state index in [1.807, 2.05) is 0 Å². The average molecular weight is 306 g/mol. The van der Waals surface area contributed by atoms with Crippen LogP contribution in [0, 0.1) is 5.82 Å². The molecule has 108 valence electrons. The molecule has 21 heavy (non-hydrogen) atoms. The molecule has 8 heteroatoms. The largest absolute Gasteiger partial charge is 0.493 e. The predicted molar refractivity (Wildman–Crippen MR) is 77.1 cm³/mol. The van der Waals surface area contributed by atoms with Crippen molar-refractivity contribution >= 4 is 22.9 Å². The monoisotopic (exact) mass is 306 g/mol. The normalized spacial score (nSPS) is 10.9. The Morgan fingerprint density at radius 3 is 2.90 bits per heavy atom. The molecule has 0 atom stereocenters. The fourth-order valence-corrected chi connectivity index (χ4v) is 2.40. The highest BCUT2D eigenvalue weighted by Gasteiger charge is 2.06. The average Bonchev–Trinajstić information content (AvgIpc) is 2.94. The summed E-state index contributed by atoms with van der Waals surface area (Å²) in [6.07, 6.45) is 1.43. The Kier molecular flexibility index (Phi) is 3.87. The predicted octanol–water partition coefficient (Wildman–Crippen LogP) is 1.96. The molecule has 0 saturated heterocycles. The van der Waals surface area contributed by atoms with Crippen LogP contribution in [-0.4, -0.2) is 32.3 Å². The van der Waals surface area contributed by atoms with Gasteiger partial charge in [0.1, 0.15) is 11.6 Å². The van der Waals surface area contributed by atoms with Gasteiger partial charge in [0.05, 0.1) is 12.9 Å². The number of rotatable bonds is 5. The molecule has 6 nitrogen and oxygen atoms in total. The number of hydrogen-bond donors (Lipinski definition) is 2. The minimum atomic E-state index is -0.300. The standard InChI is InChI=1S/C13H11FN4O2S/c14-8-1-3-9(4-2-8)20-5-6-21-13-17-11-10(12(19)18-13)15-7-16-11/h1-4,7H,5-6H2,(H2,15,16,17,18,19). The van der Waals surface area contributed by atoms with Crippen LogP contribution in [0.3, 0.4) is 0 Å². The summed E-state index contributed by atoms with van der Waals surface area (Å²) in [5.74, 6) is 0.892. The van der Waals surface area contributed by atoms with Gasteiger partial charge in [-0.05, 0) is 24.3 Å². The number of imidazole rings is 1. The number of benzene rings is 1. The Morgan fingerprint density at radius 1 is 1.29 bits per heavy atom. The van der Waals surface area contributed by atoms with Crippen LogP contribution < -0.4 is 10.3 Å². The Bertz CT molecular complexity index is 800. The quantitative estimate of drug-likeness (QED) is 0.428. The van der Waals surface area contributed by atoms with Crippen molar-refractivity contribution in [3.05, 3.63) is 46.8 Å². The minimum absolute atomic E-state index is 0.251. The highest BCUT2D eigenvalue weighted by atomic mass is 32.2. The fourth-order valence-electron chi connectivity index (χ4n) is 1.72. The van der Waals surface area contributed by atoms with Gasteiger partial charge >= 0.3 is 0 Å². The van der Waals surface area contributed by atoms with Gasteiger partial charge in [-0.25, -0.2) is 14.4 Å². The lowest BCUT2D eigenvalue weighted by Crippen LogP contribution is -2.10. The van der Waals surface area contributed by atoms with Gasteiger partial charge in [0.25, 0.3) is 5.56 Å². The molecule has 2 N–H and O–H groups in total. The topological polar surface area (TPSA) is 83.7 Å². The number of aromatic nitrogens is 4. The molecule has 3 aromatic rings. The highest BCUT2D eigenvalue weighted by Crippen LogP contribution is 2.15. The molecule has 2 heterocycles. The molecule has 0 fully saturated rings. The second kappa shape index (κ2) is 5.96. The van der Waals surface area contributed by atoms with Crippen LogP contribution >= 0.6 is 11.8 Å². The third kappa shape index (κ3) is 3.22. The van der Waals surface area contributed by atoms with E-state index in [1.165, 1.54) is 30.2 Å². The fraction of sp³-hybridized carbons (Fsp3) is 0.154. The van der Waals surface area contributed by atoms with Crippen LogP contribution in [0.25, 0.3) is 11.2 Å². The van der Waals surface area contributed by atoms with Crippen molar-refractivity contribution in [3.63, 3.8) is 0 Å². The Hall–Kier alpha value is -2.35. The van der Waals surface area contributed by atoms with Gasteiger partial charge in [0.2, 0.25) is 0 Å². The molecule has 0 radical (unpaired) electrons. The second-order valence-electron chi connectivity index (χ2n) is 4.12. The zero-order chi connectivity index (χ0) is 14.7. The van der Waals surface area contributed by atoms with E-state index in [-0.39, 0.29) is 11.4 Å². The van der Waals surface area contributed by atoms with Crippen LogP contribution in [0.5, 0.6) is 5.75 Å². The van der Waals surface area contributed by atoms with E-state index in [9.17, 15) is 9.18 Å². The van der Waals surface area contributed by atoms with Crippen molar-refractivity contribution < 1.29 is 9.13 Å². The van der Waals surface area contributed by atoms with Gasteiger partial charge in [0, 0.05) is 5.75 Å². The lowest BCUT2D eigenvalue weighted by Gasteiger charge is -2.05. The van der Waals surface area contributed by atoms with Crippen molar-refractivity contribution in [2.45, 2.75) is 5.16 Å². The van der Waals surface area contributed by atoms with Gasteiger partial charge in [-0.3, -0.25) is 9.78 Å². The maximum absolute atomic E-state index is 12.7. The number of halogens is 1. The van der Waals surface area contributed by atoms with Crippen molar-refractivity contribution in [1.29, 1.82) is 0 Å². The number of ether oxygens (including phenoxy) is 1. The van der Waals surface area contributed by atoms with E-state index in [0.717, 1.165) is 0 Å². The van der Waals surface area contributed by atoms with Crippen LogP contribution in [-0.2, 0) is 0 Å². The lowest BCUT2D eigenvalue weighted by molar-refractivity contribution is 0.343. The summed E-state index contributed by atoms with van der Waals surface area (Å²) in [4.78, 5) is 25.3. The van der Waals surface area contributed by atoms with Crippen LogP contribution in [0.4, 0.5) is 4.39 Å². The summed E-state index contributed by atoms with van der Waals surface area (Å²) < 4.78 is 18.2. The summed E-state index contributed by atoms with van der Waals surface area (Å²) in [6, 6.07) is 5.81. The lowest BCUT2D eigenvalue weighted by atomic mass is 10.3. The highest BCUT2D eigenvalue weighted by molar-refractivity contribution is 7.99. The van der Waals surface area contributed by atoms with E-state index < -0.39 is 0 Å².